The highest BCUT2D eigenvalue weighted by molar-refractivity contribution is 5.87. The van der Waals surface area contributed by atoms with Gasteiger partial charge in [0.25, 0.3) is 11.5 Å². The zero-order valence-corrected chi connectivity index (χ0v) is 13.8. The molecule has 1 aromatic carbocycles. The first-order chi connectivity index (χ1) is 12.2. The minimum Gasteiger partial charge on any atom is -0.369 e. The number of benzene rings is 1. The Labute approximate surface area is 148 Å². The third kappa shape index (κ3) is 3.61. The van der Waals surface area contributed by atoms with E-state index in [9.17, 15) is 28.3 Å². The van der Waals surface area contributed by atoms with Crippen molar-refractivity contribution in [1.29, 1.82) is 0 Å². The van der Waals surface area contributed by atoms with Gasteiger partial charge in [-0.05, 0) is 29.9 Å². The van der Waals surface area contributed by atoms with E-state index < -0.39 is 23.2 Å². The summed E-state index contributed by atoms with van der Waals surface area (Å²) in [5.74, 6) is -1.21. The van der Waals surface area contributed by atoms with Gasteiger partial charge in [0.1, 0.15) is 0 Å². The summed E-state index contributed by atoms with van der Waals surface area (Å²) in [6.07, 6.45) is 0.176. The summed E-state index contributed by atoms with van der Waals surface area (Å²) in [4.78, 5) is 12.3. The van der Waals surface area contributed by atoms with Crippen LogP contribution in [0.3, 0.4) is 0 Å². The lowest BCUT2D eigenvalue weighted by atomic mass is 9.92. The number of amides is 1. The first kappa shape index (κ1) is 18.5. The Morgan fingerprint density at radius 3 is 2.46 bits per heavy atom. The van der Waals surface area contributed by atoms with E-state index >= 15 is 0 Å². The predicted molar refractivity (Wildman–Crippen MR) is 86.8 cm³/mol. The smallest absolute Gasteiger partial charge is 0.369 e. The third-order valence-corrected chi connectivity index (χ3v) is 4.49. The van der Waals surface area contributed by atoms with E-state index in [1.54, 1.807) is 12.3 Å². The van der Waals surface area contributed by atoms with Gasteiger partial charge in [-0.3, -0.25) is 15.1 Å². The maximum Gasteiger partial charge on any atom is 0.430 e. The van der Waals surface area contributed by atoms with Crippen LogP contribution < -0.4 is 5.32 Å². The van der Waals surface area contributed by atoms with Crippen LogP contribution in [-0.4, -0.2) is 40.5 Å². The van der Waals surface area contributed by atoms with Crippen LogP contribution in [0.1, 0.15) is 18.4 Å². The molecule has 1 aliphatic carbocycles. The van der Waals surface area contributed by atoms with Gasteiger partial charge in [0, 0.05) is 18.3 Å². The van der Waals surface area contributed by atoms with Gasteiger partial charge in [-0.15, -0.1) is 0 Å². The normalized spacial score (nSPS) is 20.1. The van der Waals surface area contributed by atoms with Crippen molar-refractivity contribution < 1.29 is 28.3 Å². The molecule has 0 bridgehead atoms. The topological polar surface area (TPSA) is 72.8 Å². The highest BCUT2D eigenvalue weighted by Crippen LogP contribution is 2.40. The fraction of sp³-hybridized carbons (Fsp3) is 0.389. The summed E-state index contributed by atoms with van der Waals surface area (Å²) < 4.78 is 40.4. The summed E-state index contributed by atoms with van der Waals surface area (Å²) in [5.41, 5.74) is -2.75. The lowest BCUT2D eigenvalue weighted by Crippen LogP contribution is -2.54. The van der Waals surface area contributed by atoms with Crippen LogP contribution in [0.5, 0.6) is 0 Å². The molecule has 1 saturated carbocycles. The molecule has 1 heterocycles. The van der Waals surface area contributed by atoms with Crippen LogP contribution in [0.25, 0.3) is 0 Å². The van der Waals surface area contributed by atoms with Gasteiger partial charge >= 0.3 is 6.18 Å². The highest BCUT2D eigenvalue weighted by Gasteiger charge is 2.60. The molecule has 0 saturated heterocycles. The van der Waals surface area contributed by atoms with Crippen LogP contribution >= 0.6 is 0 Å². The zero-order valence-electron chi connectivity index (χ0n) is 13.8. The number of hydrogen-bond donors (Lipinski definition) is 3. The Kier molecular flexibility index (Phi) is 4.81. The monoisotopic (exact) mass is 368 g/mol. The molecule has 0 unspecified atom stereocenters. The van der Waals surface area contributed by atoms with E-state index in [1.165, 1.54) is 18.2 Å². The number of aliphatic hydroxyl groups is 1. The molecule has 140 valence electrons. The van der Waals surface area contributed by atoms with E-state index in [4.69, 9.17) is 0 Å². The van der Waals surface area contributed by atoms with Gasteiger partial charge in [-0.25, -0.2) is 0 Å². The molecule has 1 atom stereocenters. The van der Waals surface area contributed by atoms with Gasteiger partial charge in [0.05, 0.1) is 6.54 Å². The van der Waals surface area contributed by atoms with Crippen LogP contribution in [-0.2, 0) is 10.4 Å². The Morgan fingerprint density at radius 1 is 1.23 bits per heavy atom. The molecule has 0 aromatic heterocycles. The van der Waals surface area contributed by atoms with E-state index in [-0.39, 0.29) is 13.1 Å². The number of allylic oxidation sites excluding steroid dienone is 2. The van der Waals surface area contributed by atoms with Crippen LogP contribution in [0.2, 0.25) is 0 Å². The first-order valence-electron chi connectivity index (χ1n) is 8.21. The minimum absolute atomic E-state index is 0.0757. The zero-order chi connectivity index (χ0) is 18.9. The molecule has 0 spiro atoms. The summed E-state index contributed by atoms with van der Waals surface area (Å²) >= 11 is 0. The van der Waals surface area contributed by atoms with Gasteiger partial charge in [0.2, 0.25) is 0 Å². The second-order valence-electron chi connectivity index (χ2n) is 6.56. The molecule has 1 amide bonds. The Bertz CT molecular complexity index is 742. The molecule has 3 rings (SSSR count). The average molecular weight is 368 g/mol. The van der Waals surface area contributed by atoms with Crippen LogP contribution in [0, 0.1) is 5.92 Å². The van der Waals surface area contributed by atoms with Crippen molar-refractivity contribution in [1.82, 2.24) is 10.4 Å². The summed E-state index contributed by atoms with van der Waals surface area (Å²) in [6, 6.07) is 6.23. The van der Waals surface area contributed by atoms with Crippen LogP contribution in [0.4, 0.5) is 13.2 Å². The van der Waals surface area contributed by atoms with Crippen LogP contribution in [0.15, 0.2) is 53.8 Å². The lowest BCUT2D eigenvalue weighted by Gasteiger charge is -2.30. The number of rotatable bonds is 5. The van der Waals surface area contributed by atoms with Gasteiger partial charge in [-0.1, -0.05) is 36.4 Å². The highest BCUT2D eigenvalue weighted by atomic mass is 19.4. The van der Waals surface area contributed by atoms with E-state index in [2.05, 4.69) is 5.32 Å². The number of hydroxylamine groups is 2. The molecule has 1 aliphatic heterocycles. The second kappa shape index (κ2) is 6.77. The number of halogens is 3. The summed E-state index contributed by atoms with van der Waals surface area (Å²) in [6.45, 7) is -0.128. The fourth-order valence-electron chi connectivity index (χ4n) is 2.92. The molecule has 1 aromatic rings. The van der Waals surface area contributed by atoms with Crippen molar-refractivity contribution in [3.05, 3.63) is 59.3 Å². The molecular formula is C18H19F3N2O3. The standard InChI is InChI=1S/C18H19F3N2O3/c19-18(20,21)17(25,15-4-2-1-3-5-15)16(24)22-9-12-8-14(13-6-7-13)11-23(26)10-12/h1-5,8,11,13,25-26H,6-7,9-10H2,(H,22,24)/t17-/m1/s1. The number of nitrogens with zero attached hydrogens (tertiary/aromatic N) is 1. The third-order valence-electron chi connectivity index (χ3n) is 4.49. The largest absolute Gasteiger partial charge is 0.430 e. The van der Waals surface area contributed by atoms with Crippen molar-refractivity contribution in [3.8, 4) is 0 Å². The van der Waals surface area contributed by atoms with Crippen molar-refractivity contribution >= 4 is 5.91 Å². The van der Waals surface area contributed by atoms with Gasteiger partial charge in [0.15, 0.2) is 0 Å². The molecular weight excluding hydrogens is 349 g/mol. The minimum atomic E-state index is -5.18. The van der Waals surface area contributed by atoms with E-state index in [0.29, 0.717) is 11.5 Å². The maximum absolute atomic E-state index is 13.5. The predicted octanol–water partition coefficient (Wildman–Crippen LogP) is 2.48. The number of nitrogens with one attached hydrogen (secondary N) is 1. The van der Waals surface area contributed by atoms with Gasteiger partial charge in [-0.2, -0.15) is 13.2 Å². The number of carbonyl (C=O) groups is 1. The first-order valence-corrected chi connectivity index (χ1v) is 8.21. The molecule has 0 radical (unpaired) electrons. The number of carbonyl (C=O) groups excluding carboxylic acids is 1. The summed E-state index contributed by atoms with van der Waals surface area (Å²) in [7, 11) is 0. The van der Waals surface area contributed by atoms with Gasteiger partial charge < -0.3 is 10.4 Å². The molecule has 8 heteroatoms. The second-order valence-corrected chi connectivity index (χ2v) is 6.56. The number of hydrogen-bond acceptors (Lipinski definition) is 4. The van der Waals surface area contributed by atoms with E-state index in [0.717, 1.165) is 35.6 Å². The van der Waals surface area contributed by atoms with Crippen molar-refractivity contribution in [2.75, 3.05) is 13.1 Å². The van der Waals surface area contributed by atoms with Crippen molar-refractivity contribution in [2.45, 2.75) is 24.6 Å². The maximum atomic E-state index is 13.5. The number of alkyl halides is 3. The molecule has 2 aliphatic rings. The quantitative estimate of drug-likeness (QED) is 0.747. The van der Waals surface area contributed by atoms with E-state index in [1.807, 2.05) is 0 Å². The molecule has 3 N–H and O–H groups in total. The van der Waals surface area contributed by atoms with Crippen molar-refractivity contribution in [3.63, 3.8) is 0 Å². The summed E-state index contributed by atoms with van der Waals surface area (Å²) in [5, 5.41) is 23.0. The Morgan fingerprint density at radius 2 is 1.88 bits per heavy atom. The SMILES string of the molecule is O=C(NCC1=CC(C2CC2)=CN(O)C1)[C@](O)(c1ccccc1)C(F)(F)F. The Hall–Kier alpha value is -2.32. The molecule has 1 fully saturated rings. The Balaban J connectivity index is 1.76. The molecule has 5 nitrogen and oxygen atoms in total. The molecule has 26 heavy (non-hydrogen) atoms. The average Bonchev–Trinajstić information content (AvgIpc) is 3.43. The van der Waals surface area contributed by atoms with Crippen molar-refractivity contribution in [2.24, 2.45) is 5.92 Å². The lowest BCUT2D eigenvalue weighted by molar-refractivity contribution is -0.256. The fourth-order valence-corrected chi connectivity index (χ4v) is 2.92.